The first-order valence-corrected chi connectivity index (χ1v) is 7.15. The Morgan fingerprint density at radius 3 is 2.62 bits per heavy atom. The van der Waals surface area contributed by atoms with Crippen LogP contribution in [0, 0.1) is 16.0 Å². The molecule has 0 fully saturated rings. The molecule has 21 heavy (non-hydrogen) atoms. The summed E-state index contributed by atoms with van der Waals surface area (Å²) in [6.45, 7) is 7.17. The smallest absolute Gasteiger partial charge is 0.293 e. The lowest BCUT2D eigenvalue weighted by atomic mass is 10.1. The molecule has 0 bridgehead atoms. The zero-order valence-corrected chi connectivity index (χ0v) is 13.0. The molecule has 0 aliphatic rings. The molecule has 1 aromatic rings. The van der Waals surface area contributed by atoms with Gasteiger partial charge in [-0.3, -0.25) is 14.9 Å². The maximum absolute atomic E-state index is 12.5. The van der Waals surface area contributed by atoms with E-state index in [-0.39, 0.29) is 11.6 Å². The second kappa shape index (κ2) is 7.61. The van der Waals surface area contributed by atoms with Gasteiger partial charge >= 0.3 is 0 Å². The molecule has 0 atom stereocenters. The molecular weight excluding hydrogens is 270 g/mol. The average molecular weight is 293 g/mol. The number of carbonyl (C=O) groups is 1. The number of amides is 1. The van der Waals surface area contributed by atoms with Crippen LogP contribution in [0.3, 0.4) is 0 Å². The summed E-state index contributed by atoms with van der Waals surface area (Å²) in [5, 5.41) is 14.0. The maximum atomic E-state index is 12.5. The Morgan fingerprint density at radius 1 is 1.43 bits per heavy atom. The molecule has 116 valence electrons. The number of nitrogens with zero attached hydrogens (tertiary/aromatic N) is 2. The van der Waals surface area contributed by atoms with Gasteiger partial charge in [-0.15, -0.1) is 0 Å². The van der Waals surface area contributed by atoms with Gasteiger partial charge in [0.1, 0.15) is 5.69 Å². The first kappa shape index (κ1) is 16.9. The zero-order chi connectivity index (χ0) is 16.0. The van der Waals surface area contributed by atoms with Gasteiger partial charge in [-0.1, -0.05) is 19.9 Å². The van der Waals surface area contributed by atoms with Crippen molar-refractivity contribution < 1.29 is 9.72 Å². The van der Waals surface area contributed by atoms with Crippen molar-refractivity contribution >= 4 is 17.3 Å². The van der Waals surface area contributed by atoms with Gasteiger partial charge in [-0.2, -0.15) is 0 Å². The minimum Gasteiger partial charge on any atom is -0.379 e. The predicted octanol–water partition coefficient (Wildman–Crippen LogP) is 3.14. The van der Waals surface area contributed by atoms with E-state index < -0.39 is 4.92 Å². The van der Waals surface area contributed by atoms with E-state index >= 15 is 0 Å². The molecule has 1 rings (SSSR count). The molecule has 0 aliphatic carbocycles. The van der Waals surface area contributed by atoms with Crippen LogP contribution >= 0.6 is 0 Å². The van der Waals surface area contributed by atoms with Crippen LogP contribution < -0.4 is 5.32 Å². The van der Waals surface area contributed by atoms with Gasteiger partial charge in [0.05, 0.1) is 10.5 Å². The topological polar surface area (TPSA) is 75.5 Å². The average Bonchev–Trinajstić information content (AvgIpc) is 2.44. The van der Waals surface area contributed by atoms with Crippen LogP contribution in [0.5, 0.6) is 0 Å². The van der Waals surface area contributed by atoms with Crippen LogP contribution in [0.15, 0.2) is 18.2 Å². The summed E-state index contributed by atoms with van der Waals surface area (Å²) < 4.78 is 0. The third kappa shape index (κ3) is 4.44. The highest BCUT2D eigenvalue weighted by Gasteiger charge is 2.23. The molecule has 0 unspecified atom stereocenters. The van der Waals surface area contributed by atoms with Crippen molar-refractivity contribution in [2.45, 2.75) is 27.2 Å². The molecule has 6 heteroatoms. The molecular formula is C15H23N3O3. The van der Waals surface area contributed by atoms with E-state index in [1.165, 1.54) is 6.07 Å². The Balaban J connectivity index is 3.08. The van der Waals surface area contributed by atoms with Crippen molar-refractivity contribution in [1.29, 1.82) is 0 Å². The summed E-state index contributed by atoms with van der Waals surface area (Å²) in [6, 6.07) is 4.57. The molecule has 0 radical (unpaired) electrons. The highest BCUT2D eigenvalue weighted by molar-refractivity contribution is 6.01. The van der Waals surface area contributed by atoms with Crippen LogP contribution in [0.1, 0.15) is 37.6 Å². The van der Waals surface area contributed by atoms with Gasteiger partial charge in [-0.25, -0.2) is 0 Å². The highest BCUT2D eigenvalue weighted by atomic mass is 16.6. The molecule has 1 amide bonds. The second-order valence-corrected chi connectivity index (χ2v) is 5.40. The first-order chi connectivity index (χ1) is 9.88. The number of nitro benzene ring substituents is 1. The fraction of sp³-hybridized carbons (Fsp3) is 0.533. The number of benzene rings is 1. The third-order valence-corrected chi connectivity index (χ3v) is 3.21. The Labute approximate surface area is 125 Å². The van der Waals surface area contributed by atoms with Crippen LogP contribution in [-0.2, 0) is 0 Å². The Hall–Kier alpha value is -2.11. The lowest BCUT2D eigenvalue weighted by Gasteiger charge is -2.20. The van der Waals surface area contributed by atoms with Crippen molar-refractivity contribution in [3.8, 4) is 0 Å². The number of anilines is 1. The number of nitrogens with one attached hydrogen (secondary N) is 1. The van der Waals surface area contributed by atoms with Crippen LogP contribution in [0.4, 0.5) is 11.4 Å². The van der Waals surface area contributed by atoms with Gasteiger partial charge in [0.15, 0.2) is 0 Å². The summed E-state index contributed by atoms with van der Waals surface area (Å²) in [4.78, 5) is 24.7. The predicted molar refractivity (Wildman–Crippen MR) is 83.7 cm³/mol. The largest absolute Gasteiger partial charge is 0.379 e. The zero-order valence-electron chi connectivity index (χ0n) is 13.0. The van der Waals surface area contributed by atoms with Crippen molar-refractivity contribution in [1.82, 2.24) is 4.90 Å². The summed E-state index contributed by atoms with van der Waals surface area (Å²) >= 11 is 0. The number of hydrogen-bond donors (Lipinski definition) is 1. The Kier molecular flexibility index (Phi) is 6.14. The van der Waals surface area contributed by atoms with Gasteiger partial charge < -0.3 is 10.2 Å². The lowest BCUT2D eigenvalue weighted by molar-refractivity contribution is -0.384. The van der Waals surface area contributed by atoms with E-state index in [2.05, 4.69) is 19.2 Å². The number of nitro groups is 1. The van der Waals surface area contributed by atoms with Gasteiger partial charge in [0.25, 0.3) is 11.6 Å². The van der Waals surface area contributed by atoms with E-state index in [1.807, 2.05) is 6.92 Å². The molecule has 0 spiro atoms. The van der Waals surface area contributed by atoms with Gasteiger partial charge in [0.2, 0.25) is 0 Å². The summed E-state index contributed by atoms with van der Waals surface area (Å²) in [5.41, 5.74) is 0.573. The Morgan fingerprint density at radius 2 is 2.10 bits per heavy atom. The molecule has 0 aromatic heterocycles. The molecule has 6 nitrogen and oxygen atoms in total. The fourth-order valence-electron chi connectivity index (χ4n) is 1.99. The van der Waals surface area contributed by atoms with Crippen molar-refractivity contribution in [3.63, 3.8) is 0 Å². The van der Waals surface area contributed by atoms with E-state index in [1.54, 1.807) is 24.1 Å². The molecule has 0 saturated heterocycles. The summed E-state index contributed by atoms with van der Waals surface area (Å²) in [5.74, 6) is 0.300. The van der Waals surface area contributed by atoms with Gasteiger partial charge in [-0.05, 0) is 25.3 Å². The number of rotatable bonds is 7. The molecule has 1 aromatic carbocycles. The van der Waals surface area contributed by atoms with Crippen molar-refractivity contribution in [2.24, 2.45) is 5.92 Å². The van der Waals surface area contributed by atoms with E-state index in [4.69, 9.17) is 0 Å². The lowest BCUT2D eigenvalue weighted by Crippen LogP contribution is -2.29. The molecule has 1 N–H and O–H groups in total. The van der Waals surface area contributed by atoms with Gasteiger partial charge in [0, 0.05) is 26.2 Å². The first-order valence-electron chi connectivity index (χ1n) is 7.15. The van der Waals surface area contributed by atoms with Crippen molar-refractivity contribution in [2.75, 3.05) is 25.5 Å². The normalized spacial score (nSPS) is 10.5. The minimum absolute atomic E-state index is 0.0695. The van der Waals surface area contributed by atoms with Crippen molar-refractivity contribution in [3.05, 3.63) is 33.9 Å². The highest BCUT2D eigenvalue weighted by Crippen LogP contribution is 2.29. The quantitative estimate of drug-likeness (QED) is 0.619. The minimum atomic E-state index is -0.469. The summed E-state index contributed by atoms with van der Waals surface area (Å²) in [7, 11) is 1.72. The van der Waals surface area contributed by atoms with E-state index in [9.17, 15) is 14.9 Å². The third-order valence-electron chi connectivity index (χ3n) is 3.21. The maximum Gasteiger partial charge on any atom is 0.293 e. The summed E-state index contributed by atoms with van der Waals surface area (Å²) in [6.07, 6.45) is 0.897. The number of para-hydroxylation sites is 1. The molecule has 0 aliphatic heterocycles. The Bertz CT molecular complexity index is 515. The SMILES string of the molecule is CCNc1c(C(=O)N(C)CCC(C)C)cccc1[N+](=O)[O-]. The fourth-order valence-corrected chi connectivity index (χ4v) is 1.99. The number of carbonyl (C=O) groups excluding carboxylic acids is 1. The van der Waals surface area contributed by atoms with Crippen LogP contribution in [-0.4, -0.2) is 35.9 Å². The van der Waals surface area contributed by atoms with Crippen LogP contribution in [0.2, 0.25) is 0 Å². The van der Waals surface area contributed by atoms with E-state index in [0.717, 1.165) is 6.42 Å². The van der Waals surface area contributed by atoms with Crippen LogP contribution in [0.25, 0.3) is 0 Å². The number of hydrogen-bond acceptors (Lipinski definition) is 4. The standard InChI is InChI=1S/C15H23N3O3/c1-5-16-14-12(7-6-8-13(14)18(20)21)15(19)17(4)10-9-11(2)3/h6-8,11,16H,5,9-10H2,1-4H3. The monoisotopic (exact) mass is 293 g/mol. The molecule has 0 heterocycles. The molecule has 0 saturated carbocycles. The van der Waals surface area contributed by atoms with E-state index in [0.29, 0.717) is 30.3 Å². The second-order valence-electron chi connectivity index (χ2n) is 5.40.